The smallest absolute Gasteiger partial charge is 0.288 e. The van der Waals surface area contributed by atoms with E-state index in [0.29, 0.717) is 0 Å². The minimum atomic E-state index is -4.87. The molecule has 0 aliphatic carbocycles. The van der Waals surface area contributed by atoms with Crippen molar-refractivity contribution in [2.75, 3.05) is 5.88 Å². The van der Waals surface area contributed by atoms with Gasteiger partial charge in [0.15, 0.2) is 0 Å². The van der Waals surface area contributed by atoms with Crippen LogP contribution in [0.25, 0.3) is 0 Å². The molecule has 0 aromatic heterocycles. The van der Waals surface area contributed by atoms with E-state index < -0.39 is 23.2 Å². The van der Waals surface area contributed by atoms with Gasteiger partial charge in [-0.25, -0.2) is 0 Å². The molecule has 0 aromatic rings. The fourth-order valence-corrected chi connectivity index (χ4v) is 0.512. The monoisotopic (exact) mass is 194 g/mol. The van der Waals surface area contributed by atoms with E-state index >= 15 is 0 Å². The van der Waals surface area contributed by atoms with Gasteiger partial charge in [0.25, 0.3) is 5.78 Å². The van der Waals surface area contributed by atoms with Gasteiger partial charge < -0.3 is 0 Å². The first-order chi connectivity index (χ1) is 4.39. The van der Waals surface area contributed by atoms with Crippen LogP contribution in [0.2, 0.25) is 0 Å². The largest absolute Gasteiger partial charge is 0.451 e. The molecule has 0 fully saturated rings. The minimum absolute atomic E-state index is 0.528. The van der Waals surface area contributed by atoms with Gasteiger partial charge >= 0.3 is 6.18 Å². The topological polar surface area (TPSA) is 17.1 Å². The van der Waals surface area contributed by atoms with Crippen LogP contribution in [0.1, 0.15) is 0 Å². The van der Waals surface area contributed by atoms with Crippen molar-refractivity contribution in [3.8, 4) is 0 Å². The lowest BCUT2D eigenvalue weighted by Crippen LogP contribution is -2.32. The fourth-order valence-electron chi connectivity index (χ4n) is 0.248. The summed E-state index contributed by atoms with van der Waals surface area (Å²) in [6.45, 7) is 0. The van der Waals surface area contributed by atoms with Gasteiger partial charge in [0.05, 0.1) is 0 Å². The molecule has 1 unspecified atom stereocenters. The summed E-state index contributed by atoms with van der Waals surface area (Å²) in [7, 11) is 0. The summed E-state index contributed by atoms with van der Waals surface area (Å²) in [5.74, 6) is -2.52. The van der Waals surface area contributed by atoms with E-state index in [0.717, 1.165) is 0 Å². The molecular weight excluding hydrogens is 192 g/mol. The lowest BCUT2D eigenvalue weighted by Gasteiger charge is -2.06. The van der Waals surface area contributed by atoms with Crippen molar-refractivity contribution < 1.29 is 18.0 Å². The quantitative estimate of drug-likeness (QED) is 0.615. The standard InChI is InChI=1S/C4H3Cl2F3O/c5-1-2(6)3(10)4(7,8)9/h2H,1H2. The van der Waals surface area contributed by atoms with E-state index in [1.165, 1.54) is 0 Å². The summed E-state index contributed by atoms with van der Waals surface area (Å²) in [6.07, 6.45) is -4.87. The SMILES string of the molecule is O=C(C(Cl)CCl)C(F)(F)F. The molecule has 0 aliphatic rings. The van der Waals surface area contributed by atoms with Crippen molar-refractivity contribution in [1.82, 2.24) is 0 Å². The predicted octanol–water partition coefficient (Wildman–Crippen LogP) is 1.96. The third-order valence-corrected chi connectivity index (χ3v) is 1.52. The maximum Gasteiger partial charge on any atom is 0.451 e. The highest BCUT2D eigenvalue weighted by atomic mass is 35.5. The zero-order valence-corrected chi connectivity index (χ0v) is 6.09. The Morgan fingerprint density at radius 3 is 2.00 bits per heavy atom. The number of hydrogen-bond donors (Lipinski definition) is 0. The van der Waals surface area contributed by atoms with Crippen LogP contribution in [0.4, 0.5) is 13.2 Å². The van der Waals surface area contributed by atoms with Gasteiger partial charge in [-0.05, 0) is 0 Å². The van der Waals surface area contributed by atoms with Crippen molar-refractivity contribution in [2.24, 2.45) is 0 Å². The van der Waals surface area contributed by atoms with Crippen molar-refractivity contribution >= 4 is 29.0 Å². The van der Waals surface area contributed by atoms with Crippen LogP contribution in [-0.2, 0) is 4.79 Å². The van der Waals surface area contributed by atoms with E-state index in [9.17, 15) is 18.0 Å². The molecule has 0 spiro atoms. The Morgan fingerprint density at radius 2 is 1.90 bits per heavy atom. The minimum Gasteiger partial charge on any atom is -0.288 e. The number of hydrogen-bond acceptors (Lipinski definition) is 1. The molecule has 0 rings (SSSR count). The molecule has 0 bridgehead atoms. The highest BCUT2D eigenvalue weighted by molar-refractivity contribution is 6.36. The first-order valence-corrected chi connectivity index (χ1v) is 3.17. The molecule has 1 nitrogen and oxygen atoms in total. The third kappa shape index (κ3) is 2.75. The Bertz CT molecular complexity index is 133. The number of alkyl halides is 5. The fraction of sp³-hybridized carbons (Fsp3) is 0.750. The number of halogens is 5. The average Bonchev–Trinajstić information content (AvgIpc) is 1.83. The van der Waals surface area contributed by atoms with Gasteiger partial charge in [-0.3, -0.25) is 4.79 Å². The summed E-state index contributed by atoms with van der Waals surface area (Å²) in [5, 5.41) is -1.67. The van der Waals surface area contributed by atoms with Gasteiger partial charge in [0.1, 0.15) is 5.38 Å². The van der Waals surface area contributed by atoms with E-state index in [4.69, 9.17) is 23.2 Å². The van der Waals surface area contributed by atoms with Gasteiger partial charge in [-0.2, -0.15) is 13.2 Å². The lowest BCUT2D eigenvalue weighted by molar-refractivity contribution is -0.170. The van der Waals surface area contributed by atoms with Gasteiger partial charge in [-0.1, -0.05) is 0 Å². The normalized spacial score (nSPS) is 14.9. The summed E-state index contributed by atoms with van der Waals surface area (Å²) in [5.41, 5.74) is 0. The molecule has 1 atom stereocenters. The van der Waals surface area contributed by atoms with Crippen molar-refractivity contribution in [2.45, 2.75) is 11.6 Å². The number of Topliss-reactive ketones (excluding diaryl/α,β-unsaturated/α-hetero) is 1. The molecular formula is C4H3Cl2F3O. The van der Waals surface area contributed by atoms with Gasteiger partial charge in [0.2, 0.25) is 0 Å². The van der Waals surface area contributed by atoms with E-state index in [-0.39, 0.29) is 0 Å². The molecule has 6 heteroatoms. The Morgan fingerprint density at radius 1 is 1.50 bits per heavy atom. The van der Waals surface area contributed by atoms with Crippen LogP contribution in [0.5, 0.6) is 0 Å². The van der Waals surface area contributed by atoms with Crippen LogP contribution in [0.3, 0.4) is 0 Å². The Hall–Kier alpha value is 0.0400. The Balaban J connectivity index is 4.09. The molecule has 0 aromatic carbocycles. The van der Waals surface area contributed by atoms with Crippen LogP contribution in [-0.4, -0.2) is 23.2 Å². The van der Waals surface area contributed by atoms with E-state index in [2.05, 4.69) is 0 Å². The third-order valence-electron chi connectivity index (χ3n) is 0.699. The first kappa shape index (κ1) is 10.0. The maximum absolute atomic E-state index is 11.4. The maximum atomic E-state index is 11.4. The molecule has 0 saturated heterocycles. The molecule has 60 valence electrons. The van der Waals surface area contributed by atoms with Gasteiger partial charge in [0, 0.05) is 5.88 Å². The summed E-state index contributed by atoms with van der Waals surface area (Å²) in [4.78, 5) is 10.1. The predicted molar refractivity (Wildman–Crippen MR) is 31.4 cm³/mol. The molecule has 0 radical (unpaired) electrons. The molecule has 0 heterocycles. The van der Waals surface area contributed by atoms with Crippen molar-refractivity contribution in [3.05, 3.63) is 0 Å². The van der Waals surface area contributed by atoms with Crippen LogP contribution >= 0.6 is 23.2 Å². The van der Waals surface area contributed by atoms with Crippen LogP contribution in [0, 0.1) is 0 Å². The summed E-state index contributed by atoms with van der Waals surface area (Å²) >= 11 is 9.80. The van der Waals surface area contributed by atoms with Crippen molar-refractivity contribution in [1.29, 1.82) is 0 Å². The molecule has 0 aliphatic heterocycles. The number of rotatable bonds is 2. The Kier molecular flexibility index (Phi) is 3.45. The second-order valence-corrected chi connectivity index (χ2v) is 2.32. The molecule has 0 N–H and O–H groups in total. The number of carbonyl (C=O) groups excluding carboxylic acids is 1. The highest BCUT2D eigenvalue weighted by Crippen LogP contribution is 2.20. The second kappa shape index (κ2) is 3.44. The van der Waals surface area contributed by atoms with E-state index in [1.54, 1.807) is 0 Å². The lowest BCUT2D eigenvalue weighted by atomic mass is 10.3. The van der Waals surface area contributed by atoms with Crippen LogP contribution in [0.15, 0.2) is 0 Å². The highest BCUT2D eigenvalue weighted by Gasteiger charge is 2.42. The zero-order chi connectivity index (χ0) is 8.36. The molecule has 0 saturated carbocycles. The summed E-state index contributed by atoms with van der Waals surface area (Å²) < 4.78 is 34.2. The van der Waals surface area contributed by atoms with Crippen molar-refractivity contribution in [3.63, 3.8) is 0 Å². The number of ketones is 1. The number of carbonyl (C=O) groups is 1. The van der Waals surface area contributed by atoms with Gasteiger partial charge in [-0.15, -0.1) is 23.2 Å². The second-order valence-electron chi connectivity index (χ2n) is 1.48. The molecule has 10 heavy (non-hydrogen) atoms. The van der Waals surface area contributed by atoms with Crippen LogP contribution < -0.4 is 0 Å². The average molecular weight is 195 g/mol. The summed E-state index contributed by atoms with van der Waals surface area (Å²) in [6, 6.07) is 0. The Labute approximate surface area is 65.1 Å². The molecule has 0 amide bonds. The first-order valence-electron chi connectivity index (χ1n) is 2.20. The zero-order valence-electron chi connectivity index (χ0n) is 4.58. The van der Waals surface area contributed by atoms with E-state index in [1.807, 2.05) is 0 Å².